The lowest BCUT2D eigenvalue weighted by Gasteiger charge is -2.14. The average molecular weight is 336 g/mol. The fraction of sp³-hybridized carbons (Fsp3) is 0.579. The number of para-hydroxylation sites is 1. The zero-order valence-electron chi connectivity index (χ0n) is 14.6. The predicted molar refractivity (Wildman–Crippen MR) is 91.9 cm³/mol. The molecule has 5 heteroatoms. The maximum Gasteiger partial charge on any atom is 0.308 e. The van der Waals surface area contributed by atoms with Crippen molar-refractivity contribution in [3.8, 4) is 5.75 Å². The Morgan fingerprint density at radius 1 is 1.17 bits per heavy atom. The third kappa shape index (κ3) is 7.99. The number of carbonyl (C=O) groups excluding carboxylic acids is 1. The Labute approximate surface area is 144 Å². The highest BCUT2D eigenvalue weighted by molar-refractivity contribution is 5.72. The fourth-order valence-corrected chi connectivity index (χ4v) is 2.23. The van der Waals surface area contributed by atoms with Crippen LogP contribution in [0.1, 0.15) is 57.9 Å². The molecule has 1 aromatic rings. The molecule has 0 saturated heterocycles. The van der Waals surface area contributed by atoms with Gasteiger partial charge in [0.05, 0.1) is 12.5 Å². The van der Waals surface area contributed by atoms with E-state index in [1.165, 1.54) is 0 Å². The number of carboxylic acid groups (broad SMARTS) is 1. The van der Waals surface area contributed by atoms with E-state index in [0.717, 1.165) is 24.2 Å². The van der Waals surface area contributed by atoms with Gasteiger partial charge in [0.15, 0.2) is 0 Å². The van der Waals surface area contributed by atoms with Gasteiger partial charge in [-0.05, 0) is 25.3 Å². The van der Waals surface area contributed by atoms with E-state index in [0.29, 0.717) is 25.9 Å². The molecule has 0 aliphatic heterocycles. The molecule has 0 spiro atoms. The number of carboxylic acids is 1. The number of carbonyl (C=O) groups is 2. The van der Waals surface area contributed by atoms with E-state index in [4.69, 9.17) is 14.6 Å². The molecule has 1 aromatic carbocycles. The number of hydrogen-bond donors (Lipinski definition) is 1. The van der Waals surface area contributed by atoms with Crippen LogP contribution >= 0.6 is 0 Å². The molecule has 0 saturated carbocycles. The van der Waals surface area contributed by atoms with Crippen molar-refractivity contribution < 1.29 is 24.2 Å². The number of unbranched alkanes of at least 4 members (excludes halogenated alkanes) is 2. The summed E-state index contributed by atoms with van der Waals surface area (Å²) in [4.78, 5) is 22.5. The first-order valence-corrected chi connectivity index (χ1v) is 8.63. The first-order valence-electron chi connectivity index (χ1n) is 8.63. The summed E-state index contributed by atoms with van der Waals surface area (Å²) in [5.41, 5.74) is 0.861. The first-order chi connectivity index (χ1) is 11.5. The van der Waals surface area contributed by atoms with Gasteiger partial charge in [0, 0.05) is 12.0 Å². The van der Waals surface area contributed by atoms with Gasteiger partial charge in [-0.3, -0.25) is 9.59 Å². The summed E-state index contributed by atoms with van der Waals surface area (Å²) in [5, 5.41) is 8.60. The first kappa shape index (κ1) is 20.0. The number of hydrogen-bond acceptors (Lipinski definition) is 4. The van der Waals surface area contributed by atoms with Crippen molar-refractivity contribution >= 4 is 11.9 Å². The molecule has 0 amide bonds. The minimum atomic E-state index is -0.801. The second-order valence-electron chi connectivity index (χ2n) is 5.96. The lowest BCUT2D eigenvalue weighted by atomic mass is 10.0. The third-order valence-corrected chi connectivity index (χ3v) is 3.78. The van der Waals surface area contributed by atoms with Gasteiger partial charge in [-0.1, -0.05) is 44.9 Å². The van der Waals surface area contributed by atoms with Crippen LogP contribution < -0.4 is 4.74 Å². The largest absolute Gasteiger partial charge is 0.493 e. The average Bonchev–Trinajstić information content (AvgIpc) is 2.57. The summed E-state index contributed by atoms with van der Waals surface area (Å²) in [7, 11) is 0. The summed E-state index contributed by atoms with van der Waals surface area (Å²) in [6.45, 7) is 4.77. The van der Waals surface area contributed by atoms with E-state index < -0.39 is 5.97 Å². The van der Waals surface area contributed by atoms with Gasteiger partial charge >= 0.3 is 11.9 Å². The van der Waals surface area contributed by atoms with E-state index in [1.54, 1.807) is 0 Å². The summed E-state index contributed by atoms with van der Waals surface area (Å²) >= 11 is 0. The molecule has 0 aromatic heterocycles. The Hall–Kier alpha value is -2.04. The third-order valence-electron chi connectivity index (χ3n) is 3.78. The zero-order valence-corrected chi connectivity index (χ0v) is 14.6. The van der Waals surface area contributed by atoms with Crippen molar-refractivity contribution in [2.75, 3.05) is 6.61 Å². The van der Waals surface area contributed by atoms with Gasteiger partial charge in [0.1, 0.15) is 12.4 Å². The minimum absolute atomic E-state index is 0.143. The summed E-state index contributed by atoms with van der Waals surface area (Å²) in [6, 6.07) is 7.57. The van der Waals surface area contributed by atoms with Crippen molar-refractivity contribution in [3.63, 3.8) is 0 Å². The molecule has 0 heterocycles. The highest BCUT2D eigenvalue weighted by Gasteiger charge is 2.15. The number of esters is 1. The quantitative estimate of drug-likeness (QED) is 0.458. The van der Waals surface area contributed by atoms with E-state index in [9.17, 15) is 9.59 Å². The van der Waals surface area contributed by atoms with Crippen LogP contribution in [-0.4, -0.2) is 23.7 Å². The lowest BCUT2D eigenvalue weighted by molar-refractivity contribution is -0.149. The van der Waals surface area contributed by atoms with E-state index in [-0.39, 0.29) is 24.9 Å². The van der Waals surface area contributed by atoms with Crippen LogP contribution in [0.15, 0.2) is 24.3 Å². The van der Waals surface area contributed by atoms with E-state index >= 15 is 0 Å². The highest BCUT2D eigenvalue weighted by Crippen LogP contribution is 2.20. The molecule has 1 rings (SSSR count). The topological polar surface area (TPSA) is 72.8 Å². The number of aliphatic carboxylic acids is 1. The van der Waals surface area contributed by atoms with Crippen LogP contribution in [0.3, 0.4) is 0 Å². The van der Waals surface area contributed by atoms with Gasteiger partial charge < -0.3 is 14.6 Å². The van der Waals surface area contributed by atoms with Crippen molar-refractivity contribution in [1.82, 2.24) is 0 Å². The molecule has 1 atom stereocenters. The molecule has 0 fully saturated rings. The summed E-state index contributed by atoms with van der Waals surface area (Å²) < 4.78 is 11.1. The Morgan fingerprint density at radius 2 is 1.92 bits per heavy atom. The van der Waals surface area contributed by atoms with Crippen LogP contribution in [0.5, 0.6) is 5.75 Å². The molecule has 5 nitrogen and oxygen atoms in total. The fourth-order valence-electron chi connectivity index (χ4n) is 2.23. The minimum Gasteiger partial charge on any atom is -0.493 e. The van der Waals surface area contributed by atoms with Gasteiger partial charge in [0.25, 0.3) is 0 Å². The monoisotopic (exact) mass is 336 g/mol. The van der Waals surface area contributed by atoms with E-state index in [1.807, 2.05) is 31.2 Å². The van der Waals surface area contributed by atoms with Gasteiger partial charge in [-0.15, -0.1) is 0 Å². The molecule has 0 aliphatic rings. The highest BCUT2D eigenvalue weighted by atomic mass is 16.5. The number of rotatable bonds is 12. The smallest absolute Gasteiger partial charge is 0.308 e. The molecule has 1 N–H and O–H groups in total. The van der Waals surface area contributed by atoms with Crippen LogP contribution in [0, 0.1) is 5.92 Å². The zero-order chi connectivity index (χ0) is 17.8. The Balaban J connectivity index is 2.39. The number of benzene rings is 1. The van der Waals surface area contributed by atoms with Crippen molar-refractivity contribution in [2.24, 2.45) is 5.92 Å². The predicted octanol–water partition coefficient (Wildman–Crippen LogP) is 4.19. The van der Waals surface area contributed by atoms with Crippen molar-refractivity contribution in [2.45, 2.75) is 59.0 Å². The van der Waals surface area contributed by atoms with Crippen LogP contribution in [0.25, 0.3) is 0 Å². The Bertz CT molecular complexity index is 512. The van der Waals surface area contributed by atoms with E-state index in [2.05, 4.69) is 6.92 Å². The second-order valence-corrected chi connectivity index (χ2v) is 5.96. The summed E-state index contributed by atoms with van der Waals surface area (Å²) in [5.74, 6) is -0.529. The van der Waals surface area contributed by atoms with Crippen LogP contribution in [0.4, 0.5) is 0 Å². The molecular formula is C19H28O5. The lowest BCUT2D eigenvalue weighted by Crippen LogP contribution is -2.15. The molecule has 1 unspecified atom stereocenters. The number of ether oxygens (including phenoxy) is 2. The van der Waals surface area contributed by atoms with Crippen molar-refractivity contribution in [1.29, 1.82) is 0 Å². The van der Waals surface area contributed by atoms with Crippen molar-refractivity contribution in [3.05, 3.63) is 29.8 Å². The standard InChI is InChI=1S/C19H28O5/c1-3-4-13-23-17-11-7-6-10-16(17)14-24-19(22)15(2)9-5-8-12-18(20)21/h6-7,10-11,15H,3-5,8-9,12-14H2,1-2H3,(H,20,21). The molecular weight excluding hydrogens is 308 g/mol. The van der Waals surface area contributed by atoms with Gasteiger partial charge in [-0.25, -0.2) is 0 Å². The summed E-state index contributed by atoms with van der Waals surface area (Å²) in [6.07, 6.45) is 4.13. The SMILES string of the molecule is CCCCOc1ccccc1COC(=O)C(C)CCCCC(=O)O. The normalized spacial score (nSPS) is 11.8. The Morgan fingerprint density at radius 3 is 2.62 bits per heavy atom. The van der Waals surface area contributed by atoms with Gasteiger partial charge in [-0.2, -0.15) is 0 Å². The van der Waals surface area contributed by atoms with Crippen LogP contribution in [-0.2, 0) is 20.9 Å². The molecule has 0 radical (unpaired) electrons. The van der Waals surface area contributed by atoms with Crippen LogP contribution in [0.2, 0.25) is 0 Å². The maximum atomic E-state index is 12.0. The Kier molecular flexibility index (Phi) is 9.58. The molecule has 0 bridgehead atoms. The molecule has 0 aliphatic carbocycles. The second kappa shape index (κ2) is 11.5. The molecule has 134 valence electrons. The molecule has 24 heavy (non-hydrogen) atoms. The maximum absolute atomic E-state index is 12.0. The van der Waals surface area contributed by atoms with Gasteiger partial charge in [0.2, 0.25) is 0 Å².